The van der Waals surface area contributed by atoms with E-state index in [2.05, 4.69) is 132 Å². The van der Waals surface area contributed by atoms with Gasteiger partial charge in [0, 0.05) is 54.5 Å². The number of nitrogen functional groups attached to an aromatic ring is 3. The third kappa shape index (κ3) is 15.6. The lowest BCUT2D eigenvalue weighted by molar-refractivity contribution is -0.383. The first-order valence-corrected chi connectivity index (χ1v) is 32.7. The Labute approximate surface area is 541 Å². The van der Waals surface area contributed by atoms with Crippen molar-refractivity contribution in [3.05, 3.63) is 78.4 Å². The van der Waals surface area contributed by atoms with Crippen LogP contribution in [0.4, 0.5) is 34.4 Å². The fraction of sp³-hybridized carbons (Fsp3) is 0.370. The number of unbranched alkanes of at least 4 members (excludes halogenated alkanes) is 6. The van der Waals surface area contributed by atoms with Gasteiger partial charge in [0.1, 0.15) is 12.7 Å². The normalized spacial score (nSPS) is 12.2. The molecule has 33 heteroatoms. The van der Waals surface area contributed by atoms with Gasteiger partial charge in [-0.3, -0.25) is 10.1 Å². The average molecular weight is 1520 g/mol. The fourth-order valence-electron chi connectivity index (χ4n) is 9.25. The Kier molecular flexibility index (Phi) is 22.2. The van der Waals surface area contributed by atoms with E-state index < -0.39 is 4.92 Å². The molecule has 0 saturated carbocycles. The van der Waals surface area contributed by atoms with Crippen molar-refractivity contribution in [1.29, 1.82) is 0 Å². The highest BCUT2D eigenvalue weighted by Gasteiger charge is 2.24. The Morgan fingerprint density at radius 1 is 0.575 bits per heavy atom. The zero-order chi connectivity index (χ0) is 60.7. The molecule has 0 unspecified atom stereocenters. The van der Waals surface area contributed by atoms with Crippen LogP contribution in [0.15, 0.2) is 90.5 Å². The molecule has 0 bridgehead atoms. The monoisotopic (exact) mass is 1510 g/mol. The van der Waals surface area contributed by atoms with E-state index in [1.807, 2.05) is 36.4 Å². The number of hydrogen-bond acceptors (Lipinski definition) is 27. The summed E-state index contributed by atoms with van der Waals surface area (Å²) in [5, 5.41) is 38.9. The van der Waals surface area contributed by atoms with E-state index in [4.69, 9.17) is 56.1 Å². The topological polar surface area (TPSA) is 385 Å². The molecule has 11 N–H and O–H groups in total. The molecule has 0 saturated heterocycles. The minimum absolute atomic E-state index is 0.119. The Balaban J connectivity index is 0.000000163. The summed E-state index contributed by atoms with van der Waals surface area (Å²) in [5.74, 6) is 3.76. The van der Waals surface area contributed by atoms with Crippen LogP contribution >= 0.6 is 84.6 Å². The number of nitro groups is 1. The number of halogens is 3. The Hall–Kier alpha value is -7.06. The van der Waals surface area contributed by atoms with Gasteiger partial charge in [-0.2, -0.15) is 0 Å². The highest BCUT2D eigenvalue weighted by Crippen LogP contribution is 2.43. The number of benzene rings is 4. The van der Waals surface area contributed by atoms with Gasteiger partial charge in [0.05, 0.1) is 22.0 Å². The first-order chi connectivity index (χ1) is 42.5. The van der Waals surface area contributed by atoms with Gasteiger partial charge in [-0.1, -0.05) is 65.1 Å². The molecule has 4 aromatic carbocycles. The van der Waals surface area contributed by atoms with Gasteiger partial charge in [-0.05, 0) is 166 Å². The standard InChI is InChI=1S/C27H29IN10O5S.C15H13BrIN5O2S.C12H19N5O/c28-16-12-19-20(42-15-41-19)13-21(16)44-27-34-24-25(29)32-14-33-26(24)37(27)11-5-9-30-8-3-1-2-4-10-31-17-6-7-18(38(39)40)23-22(17)35-43-36-23;16-2-1-3-22-14-12(13(18)19-6-20-14)21-15(22)25-11-5-10-9(4-8(11)17)23-7-24-10;13-7-3-1-2-4-8-15-10-6-5-9(14)11-12(10)17-18-16-11/h6-7,12-14,30-31H,1-5,8-11,15H2,(H2,29,32,33);4-6H,1-3,7H2,(H2,18,19,20);5-6,15H,1-4,7-8,13-14H2. The van der Waals surface area contributed by atoms with Crippen LogP contribution in [0.25, 0.3) is 44.4 Å². The van der Waals surface area contributed by atoms with Crippen molar-refractivity contribution in [3.63, 3.8) is 0 Å². The van der Waals surface area contributed by atoms with Crippen LogP contribution in [0, 0.1) is 17.3 Å². The van der Waals surface area contributed by atoms with E-state index in [1.165, 1.54) is 31.6 Å². The van der Waals surface area contributed by atoms with Crippen LogP contribution in [0.5, 0.6) is 23.0 Å². The third-order valence-electron chi connectivity index (χ3n) is 13.6. The number of rotatable bonds is 27. The van der Waals surface area contributed by atoms with Crippen LogP contribution in [0.2, 0.25) is 0 Å². The van der Waals surface area contributed by atoms with E-state index in [0.29, 0.717) is 50.6 Å². The number of aromatic nitrogens is 12. The summed E-state index contributed by atoms with van der Waals surface area (Å²) in [6.07, 6.45) is 13.5. The number of nitrogens with one attached hydrogen (secondary N) is 3. The number of fused-ring (bicyclic) bond motifs is 6. The van der Waals surface area contributed by atoms with E-state index in [9.17, 15) is 10.1 Å². The number of imidazole rings is 2. The molecule has 0 aliphatic carbocycles. The highest BCUT2D eigenvalue weighted by molar-refractivity contribution is 14.1. The largest absolute Gasteiger partial charge is 0.454 e. The number of nitrogens with two attached hydrogens (primary N) is 4. The van der Waals surface area contributed by atoms with Crippen LogP contribution in [-0.4, -0.2) is 116 Å². The van der Waals surface area contributed by atoms with Gasteiger partial charge in [0.2, 0.25) is 19.1 Å². The highest BCUT2D eigenvalue weighted by atomic mass is 127. The lowest BCUT2D eigenvalue weighted by Crippen LogP contribution is -2.18. The number of nitrogens with zero attached hydrogens (tertiary/aromatic N) is 13. The molecule has 458 valence electrons. The smallest absolute Gasteiger partial charge is 0.300 e. The maximum Gasteiger partial charge on any atom is 0.300 e. The fourth-order valence-corrected chi connectivity index (χ4v) is 12.9. The van der Waals surface area contributed by atoms with Gasteiger partial charge in [0.15, 0.2) is 83.8 Å². The zero-order valence-electron chi connectivity index (χ0n) is 46.8. The molecule has 12 rings (SSSR count). The molecule has 10 aromatic rings. The number of non-ortho nitro benzene ring substituents is 1. The van der Waals surface area contributed by atoms with Gasteiger partial charge >= 0.3 is 5.69 Å². The van der Waals surface area contributed by atoms with Crippen LogP contribution in [0.1, 0.15) is 64.2 Å². The SMILES string of the molecule is NCCCCCCNc1ccc(N)c2nonc12.Nc1ncnc2c1nc(Sc1cc3c(cc1I)OCO3)n2CCCBr.Nc1ncnc2c1nc(Sc1cc3c(cc1I)OCO3)n2CCCNCCCCCCNc1ccc([N+](=O)[O-])c2nonc12. The number of hydrogen-bond donors (Lipinski definition) is 7. The summed E-state index contributed by atoms with van der Waals surface area (Å²) >= 11 is 11.2. The predicted octanol–water partition coefficient (Wildman–Crippen LogP) is 10.4. The van der Waals surface area contributed by atoms with E-state index >= 15 is 0 Å². The Morgan fingerprint density at radius 3 is 1.59 bits per heavy atom. The third-order valence-corrected chi connectivity index (χ3v) is 18.8. The molecule has 0 fully saturated rings. The van der Waals surface area contributed by atoms with E-state index in [-0.39, 0.29) is 24.8 Å². The predicted molar refractivity (Wildman–Crippen MR) is 352 cm³/mol. The maximum absolute atomic E-state index is 11.1. The molecule has 2 aliphatic heterocycles. The molecule has 28 nitrogen and oxygen atoms in total. The molecular weight excluding hydrogens is 1450 g/mol. The van der Waals surface area contributed by atoms with Crippen molar-refractivity contribution in [3.8, 4) is 23.0 Å². The second kappa shape index (κ2) is 30.7. The summed E-state index contributed by atoms with van der Waals surface area (Å²) in [5.41, 5.74) is 29.9. The van der Waals surface area contributed by atoms with Crippen LogP contribution < -0.4 is 57.8 Å². The summed E-state index contributed by atoms with van der Waals surface area (Å²) in [4.78, 5) is 39.2. The van der Waals surface area contributed by atoms with Crippen molar-refractivity contribution in [2.75, 3.05) is 79.5 Å². The molecule has 0 radical (unpaired) electrons. The Morgan fingerprint density at radius 2 is 1.05 bits per heavy atom. The first kappa shape index (κ1) is 63.0. The molecular formula is C54H61BrI2N20O8S2. The van der Waals surface area contributed by atoms with Crippen molar-refractivity contribution >= 4 is 163 Å². The quantitative estimate of drug-likeness (QED) is 0.00628. The van der Waals surface area contributed by atoms with Crippen molar-refractivity contribution < 1.29 is 33.1 Å². The van der Waals surface area contributed by atoms with E-state index in [0.717, 1.165) is 170 Å². The summed E-state index contributed by atoms with van der Waals surface area (Å²) < 4.78 is 37.7. The molecule has 87 heavy (non-hydrogen) atoms. The maximum atomic E-state index is 11.1. The zero-order valence-corrected chi connectivity index (χ0v) is 54.3. The second-order valence-electron chi connectivity index (χ2n) is 19.6. The first-order valence-electron chi connectivity index (χ1n) is 27.8. The minimum Gasteiger partial charge on any atom is -0.454 e. The minimum atomic E-state index is -0.491. The van der Waals surface area contributed by atoms with Crippen molar-refractivity contribution in [2.45, 2.75) is 97.4 Å². The molecule has 2 aliphatic rings. The van der Waals surface area contributed by atoms with Crippen LogP contribution in [-0.2, 0) is 13.1 Å². The Bertz CT molecular complexity index is 3990. The molecule has 0 amide bonds. The van der Waals surface area contributed by atoms with Gasteiger partial charge in [-0.15, -0.1) is 0 Å². The number of alkyl halides is 1. The summed E-state index contributed by atoms with van der Waals surface area (Å²) in [7, 11) is 0. The van der Waals surface area contributed by atoms with E-state index in [1.54, 1.807) is 29.6 Å². The number of aryl methyl sites for hydroxylation is 2. The summed E-state index contributed by atoms with van der Waals surface area (Å²) in [6.45, 7) is 6.19. The lowest BCUT2D eigenvalue weighted by Gasteiger charge is -2.10. The number of anilines is 5. The number of nitro benzene ring substituents is 1. The molecule has 0 spiro atoms. The van der Waals surface area contributed by atoms with Gasteiger partial charge in [-0.25, -0.2) is 39.2 Å². The lowest BCUT2D eigenvalue weighted by atomic mass is 10.2. The molecule has 0 atom stereocenters. The average Bonchev–Trinajstić information content (AvgIpc) is 3.35. The number of ether oxygens (including phenoxy) is 4. The van der Waals surface area contributed by atoms with Gasteiger partial charge in [0.25, 0.3) is 0 Å². The van der Waals surface area contributed by atoms with Crippen molar-refractivity contribution in [1.82, 2.24) is 65.0 Å². The van der Waals surface area contributed by atoms with Gasteiger partial charge < -0.3 is 67.0 Å². The molecule has 8 heterocycles. The summed E-state index contributed by atoms with van der Waals surface area (Å²) in [6, 6.07) is 14.7. The molecule has 6 aromatic heterocycles. The van der Waals surface area contributed by atoms with Crippen LogP contribution in [0.3, 0.4) is 0 Å². The second-order valence-corrected chi connectivity index (χ2v) is 24.7. The van der Waals surface area contributed by atoms with Crippen molar-refractivity contribution in [2.24, 2.45) is 5.73 Å².